The van der Waals surface area contributed by atoms with E-state index in [4.69, 9.17) is 9.47 Å². The lowest BCUT2D eigenvalue weighted by molar-refractivity contribution is 0.388. The van der Waals surface area contributed by atoms with E-state index in [0.717, 1.165) is 11.5 Å². The second-order valence-electron chi connectivity index (χ2n) is 4.48. The van der Waals surface area contributed by atoms with Crippen molar-refractivity contribution in [2.24, 2.45) is 0 Å². The first-order valence-corrected chi connectivity index (χ1v) is 6.06. The Morgan fingerprint density at radius 1 is 0.875 bits per heavy atom. The lowest BCUT2D eigenvalue weighted by atomic mass is 9.84. The van der Waals surface area contributed by atoms with Crippen molar-refractivity contribution in [2.75, 3.05) is 14.2 Å². The van der Waals surface area contributed by atoms with E-state index >= 15 is 0 Å². The standard InChI is InChI=1S/C14H20O2/c1-15-13-8-12(9-14(10-13)16-2)11-6-4-3-5-7-11/h8-11H,3-7H2,1-2H3. The molecule has 1 saturated carbocycles. The molecule has 1 aliphatic carbocycles. The molecule has 2 rings (SSSR count). The SMILES string of the molecule is COc1cc(OC)cc(C2CCCCC2)c1. The van der Waals surface area contributed by atoms with E-state index in [9.17, 15) is 0 Å². The molecule has 0 aromatic heterocycles. The summed E-state index contributed by atoms with van der Waals surface area (Å²) in [5.41, 5.74) is 1.37. The van der Waals surface area contributed by atoms with Crippen LogP contribution in [0.2, 0.25) is 0 Å². The van der Waals surface area contributed by atoms with E-state index in [0.29, 0.717) is 5.92 Å². The van der Waals surface area contributed by atoms with Crippen LogP contribution in [0, 0.1) is 0 Å². The highest BCUT2D eigenvalue weighted by Crippen LogP contribution is 2.36. The average molecular weight is 220 g/mol. The number of methoxy groups -OCH3 is 2. The molecule has 0 heterocycles. The van der Waals surface area contributed by atoms with E-state index in [-0.39, 0.29) is 0 Å². The molecule has 0 atom stereocenters. The molecule has 1 aromatic rings. The minimum Gasteiger partial charge on any atom is -0.497 e. The predicted octanol–water partition coefficient (Wildman–Crippen LogP) is 3.75. The number of hydrogen-bond acceptors (Lipinski definition) is 2. The van der Waals surface area contributed by atoms with Crippen molar-refractivity contribution in [3.63, 3.8) is 0 Å². The van der Waals surface area contributed by atoms with Gasteiger partial charge in [-0.3, -0.25) is 0 Å². The van der Waals surface area contributed by atoms with Crippen LogP contribution in [0.1, 0.15) is 43.6 Å². The third-order valence-electron chi connectivity index (χ3n) is 3.45. The topological polar surface area (TPSA) is 18.5 Å². The highest BCUT2D eigenvalue weighted by Gasteiger charge is 2.16. The molecule has 1 aliphatic rings. The normalized spacial score (nSPS) is 17.1. The summed E-state index contributed by atoms with van der Waals surface area (Å²) < 4.78 is 10.6. The zero-order valence-corrected chi connectivity index (χ0v) is 10.2. The van der Waals surface area contributed by atoms with Gasteiger partial charge in [-0.15, -0.1) is 0 Å². The van der Waals surface area contributed by atoms with Crippen molar-refractivity contribution < 1.29 is 9.47 Å². The summed E-state index contributed by atoms with van der Waals surface area (Å²) in [6.45, 7) is 0. The van der Waals surface area contributed by atoms with Crippen LogP contribution in [0.3, 0.4) is 0 Å². The molecule has 16 heavy (non-hydrogen) atoms. The molecule has 0 spiro atoms. The summed E-state index contributed by atoms with van der Waals surface area (Å²) in [7, 11) is 3.42. The monoisotopic (exact) mass is 220 g/mol. The quantitative estimate of drug-likeness (QED) is 0.772. The molecule has 0 unspecified atom stereocenters. The Hall–Kier alpha value is -1.18. The summed E-state index contributed by atoms with van der Waals surface area (Å²) in [5.74, 6) is 2.50. The summed E-state index contributed by atoms with van der Waals surface area (Å²) in [5, 5.41) is 0. The third-order valence-corrected chi connectivity index (χ3v) is 3.45. The molecule has 1 aromatic carbocycles. The first-order valence-electron chi connectivity index (χ1n) is 6.06. The lowest BCUT2D eigenvalue weighted by Gasteiger charge is -2.22. The molecule has 2 heteroatoms. The van der Waals surface area contributed by atoms with E-state index in [1.807, 2.05) is 6.07 Å². The predicted molar refractivity (Wildman–Crippen MR) is 65.4 cm³/mol. The molecule has 0 bridgehead atoms. The Morgan fingerprint density at radius 2 is 1.44 bits per heavy atom. The van der Waals surface area contributed by atoms with E-state index in [1.165, 1.54) is 37.7 Å². The van der Waals surface area contributed by atoms with Gasteiger partial charge in [-0.2, -0.15) is 0 Å². The number of benzene rings is 1. The van der Waals surface area contributed by atoms with Gasteiger partial charge in [0.05, 0.1) is 14.2 Å². The van der Waals surface area contributed by atoms with Gasteiger partial charge in [-0.05, 0) is 36.5 Å². The maximum atomic E-state index is 5.31. The minimum absolute atomic E-state index is 0.692. The summed E-state index contributed by atoms with van der Waals surface area (Å²) >= 11 is 0. The van der Waals surface area contributed by atoms with Crippen LogP contribution in [-0.4, -0.2) is 14.2 Å². The van der Waals surface area contributed by atoms with Crippen molar-refractivity contribution in [3.8, 4) is 11.5 Å². The molecule has 1 fully saturated rings. The van der Waals surface area contributed by atoms with Crippen LogP contribution in [0.25, 0.3) is 0 Å². The zero-order valence-electron chi connectivity index (χ0n) is 10.2. The fraction of sp³-hybridized carbons (Fsp3) is 0.571. The molecule has 0 N–H and O–H groups in total. The first kappa shape index (κ1) is 11.3. The van der Waals surface area contributed by atoms with Crippen LogP contribution in [0.5, 0.6) is 11.5 Å². The summed E-state index contributed by atoms with van der Waals surface area (Å²) in [4.78, 5) is 0. The van der Waals surface area contributed by atoms with Gasteiger partial charge in [0.25, 0.3) is 0 Å². The van der Waals surface area contributed by atoms with E-state index in [1.54, 1.807) is 14.2 Å². The Kier molecular flexibility index (Phi) is 3.70. The number of hydrogen-bond donors (Lipinski definition) is 0. The van der Waals surface area contributed by atoms with Crippen LogP contribution in [-0.2, 0) is 0 Å². The Labute approximate surface area is 97.6 Å². The second-order valence-corrected chi connectivity index (χ2v) is 4.48. The van der Waals surface area contributed by atoms with Gasteiger partial charge in [-0.25, -0.2) is 0 Å². The smallest absolute Gasteiger partial charge is 0.122 e. The lowest BCUT2D eigenvalue weighted by Crippen LogP contribution is -2.05. The van der Waals surface area contributed by atoms with Gasteiger partial charge < -0.3 is 9.47 Å². The molecule has 0 saturated heterocycles. The Balaban J connectivity index is 2.24. The molecule has 0 radical (unpaired) electrons. The largest absolute Gasteiger partial charge is 0.497 e. The Morgan fingerprint density at radius 3 is 1.94 bits per heavy atom. The molecular weight excluding hydrogens is 200 g/mol. The van der Waals surface area contributed by atoms with Gasteiger partial charge >= 0.3 is 0 Å². The van der Waals surface area contributed by atoms with Gasteiger partial charge in [-0.1, -0.05) is 19.3 Å². The highest BCUT2D eigenvalue weighted by atomic mass is 16.5. The van der Waals surface area contributed by atoms with Gasteiger partial charge in [0, 0.05) is 6.07 Å². The fourth-order valence-corrected chi connectivity index (χ4v) is 2.50. The Bertz CT molecular complexity index is 318. The van der Waals surface area contributed by atoms with E-state index in [2.05, 4.69) is 12.1 Å². The van der Waals surface area contributed by atoms with E-state index < -0.39 is 0 Å². The van der Waals surface area contributed by atoms with Gasteiger partial charge in [0.1, 0.15) is 11.5 Å². The van der Waals surface area contributed by atoms with Crippen LogP contribution < -0.4 is 9.47 Å². The summed E-state index contributed by atoms with van der Waals surface area (Å²) in [6, 6.07) is 6.24. The summed E-state index contributed by atoms with van der Waals surface area (Å²) in [6.07, 6.45) is 6.69. The van der Waals surface area contributed by atoms with Gasteiger partial charge in [0.2, 0.25) is 0 Å². The number of rotatable bonds is 3. The van der Waals surface area contributed by atoms with Crippen molar-refractivity contribution in [1.29, 1.82) is 0 Å². The van der Waals surface area contributed by atoms with Crippen molar-refractivity contribution in [2.45, 2.75) is 38.0 Å². The third kappa shape index (κ3) is 2.49. The fourth-order valence-electron chi connectivity index (χ4n) is 2.50. The molecule has 88 valence electrons. The van der Waals surface area contributed by atoms with Crippen LogP contribution in [0.4, 0.5) is 0 Å². The minimum atomic E-state index is 0.692. The second kappa shape index (κ2) is 5.24. The van der Waals surface area contributed by atoms with Crippen molar-refractivity contribution in [1.82, 2.24) is 0 Å². The molecule has 0 amide bonds. The van der Waals surface area contributed by atoms with Crippen LogP contribution >= 0.6 is 0 Å². The molecular formula is C14H20O2. The van der Waals surface area contributed by atoms with Crippen LogP contribution in [0.15, 0.2) is 18.2 Å². The van der Waals surface area contributed by atoms with Crippen molar-refractivity contribution in [3.05, 3.63) is 23.8 Å². The maximum Gasteiger partial charge on any atom is 0.122 e. The number of ether oxygens (including phenoxy) is 2. The zero-order chi connectivity index (χ0) is 11.4. The maximum absolute atomic E-state index is 5.31. The average Bonchev–Trinajstić information content (AvgIpc) is 2.39. The van der Waals surface area contributed by atoms with Gasteiger partial charge in [0.15, 0.2) is 0 Å². The highest BCUT2D eigenvalue weighted by molar-refractivity contribution is 5.40. The first-order chi connectivity index (χ1) is 7.83. The van der Waals surface area contributed by atoms with Crippen molar-refractivity contribution >= 4 is 0 Å². The molecule has 2 nitrogen and oxygen atoms in total. The molecule has 0 aliphatic heterocycles.